The van der Waals surface area contributed by atoms with Crippen molar-refractivity contribution in [1.82, 2.24) is 29.3 Å². The van der Waals surface area contributed by atoms with E-state index in [0.29, 0.717) is 18.0 Å². The lowest BCUT2D eigenvalue weighted by molar-refractivity contribution is -0.0266. The van der Waals surface area contributed by atoms with Crippen LogP contribution in [0.2, 0.25) is 0 Å². The van der Waals surface area contributed by atoms with Crippen LogP contribution in [-0.4, -0.2) is 42.6 Å². The summed E-state index contributed by atoms with van der Waals surface area (Å²) in [6.07, 6.45) is 9.24. The molecule has 3 aromatic carbocycles. The first-order valence-electron chi connectivity index (χ1n) is 18.2. The second-order valence-corrected chi connectivity index (χ2v) is 16.5. The van der Waals surface area contributed by atoms with Crippen LogP contribution in [0.25, 0.3) is 32.7 Å². The normalized spacial score (nSPS) is 15.8. The lowest BCUT2D eigenvalue weighted by atomic mass is 9.86. The third-order valence-electron chi connectivity index (χ3n) is 10.3. The molecular formula is C42H56N6O. The summed E-state index contributed by atoms with van der Waals surface area (Å²) in [5, 5.41) is 17.2. The van der Waals surface area contributed by atoms with E-state index in [4.69, 9.17) is 4.74 Å². The molecule has 260 valence electrons. The van der Waals surface area contributed by atoms with Crippen LogP contribution in [0.5, 0.6) is 0 Å². The number of ether oxygens (including phenoxy) is 1. The molecule has 3 aromatic heterocycles. The predicted octanol–water partition coefficient (Wildman–Crippen LogP) is 10.4. The molecule has 8 rings (SSSR count). The molecule has 0 bridgehead atoms. The molecule has 2 aliphatic rings. The molecule has 6 aromatic rings. The maximum Gasteiger partial charge on any atom is 0.0992 e. The van der Waals surface area contributed by atoms with Crippen LogP contribution >= 0.6 is 0 Å². The maximum atomic E-state index is 5.22. The van der Waals surface area contributed by atoms with Crippen molar-refractivity contribution in [1.29, 1.82) is 0 Å². The van der Waals surface area contributed by atoms with Crippen LogP contribution in [0.1, 0.15) is 121 Å². The van der Waals surface area contributed by atoms with Crippen LogP contribution in [0.3, 0.4) is 0 Å². The third kappa shape index (κ3) is 7.47. The summed E-state index contributed by atoms with van der Waals surface area (Å²) in [6, 6.07) is 21.1. The average Bonchev–Trinajstić information content (AvgIpc) is 3.83. The number of fused-ring (bicyclic) bond motifs is 3. The van der Waals surface area contributed by atoms with Crippen LogP contribution < -0.4 is 0 Å². The molecule has 0 amide bonds. The SMILES string of the molecule is CC(C)(C)c1ccc2cnn(C3CCCC3)c2c1.CC(C)c1ccc2cnn(C3COC3)c2c1.Cc1nn(C)c2cc(C(C)(C)C)ccc12. The minimum atomic E-state index is 0.201. The number of aromatic nitrogens is 6. The Kier molecular flexibility index (Phi) is 9.78. The fraction of sp³-hybridized carbons (Fsp3) is 0.500. The molecule has 7 nitrogen and oxygen atoms in total. The quantitative estimate of drug-likeness (QED) is 0.190. The molecule has 1 aliphatic heterocycles. The highest BCUT2D eigenvalue weighted by Crippen LogP contribution is 2.34. The van der Waals surface area contributed by atoms with Gasteiger partial charge in [0.25, 0.3) is 0 Å². The highest BCUT2D eigenvalue weighted by molar-refractivity contribution is 5.83. The lowest BCUT2D eigenvalue weighted by Crippen LogP contribution is -2.31. The second-order valence-electron chi connectivity index (χ2n) is 16.5. The molecule has 1 saturated carbocycles. The van der Waals surface area contributed by atoms with Gasteiger partial charge in [0.15, 0.2) is 0 Å². The monoisotopic (exact) mass is 660 g/mol. The second kappa shape index (κ2) is 13.7. The Balaban J connectivity index is 0.000000128. The third-order valence-corrected chi connectivity index (χ3v) is 10.3. The Morgan fingerprint density at radius 2 is 1.22 bits per heavy atom. The molecule has 1 aliphatic carbocycles. The van der Waals surface area contributed by atoms with Crippen LogP contribution in [-0.2, 0) is 22.6 Å². The summed E-state index contributed by atoms with van der Waals surface area (Å²) in [4.78, 5) is 0. The Bertz CT molecular complexity index is 2040. The van der Waals surface area contributed by atoms with E-state index in [1.165, 1.54) is 75.1 Å². The van der Waals surface area contributed by atoms with Crippen LogP contribution in [0, 0.1) is 6.92 Å². The molecule has 0 N–H and O–H groups in total. The number of aryl methyl sites for hydroxylation is 2. The van der Waals surface area contributed by atoms with E-state index in [0.717, 1.165) is 18.9 Å². The average molecular weight is 661 g/mol. The van der Waals surface area contributed by atoms with E-state index in [-0.39, 0.29) is 10.8 Å². The van der Waals surface area contributed by atoms with Gasteiger partial charge in [0.2, 0.25) is 0 Å². The number of hydrogen-bond acceptors (Lipinski definition) is 4. The van der Waals surface area contributed by atoms with Gasteiger partial charge in [-0.1, -0.05) is 105 Å². The van der Waals surface area contributed by atoms with Gasteiger partial charge in [-0.05, 0) is 71.4 Å². The fourth-order valence-corrected chi connectivity index (χ4v) is 6.92. The van der Waals surface area contributed by atoms with Crippen molar-refractivity contribution in [2.24, 2.45) is 7.05 Å². The van der Waals surface area contributed by atoms with Crippen LogP contribution in [0.15, 0.2) is 67.0 Å². The van der Waals surface area contributed by atoms with Gasteiger partial charge in [-0.2, -0.15) is 15.3 Å². The molecule has 0 radical (unpaired) electrons. The van der Waals surface area contributed by atoms with Crippen molar-refractivity contribution in [3.05, 3.63) is 89.4 Å². The summed E-state index contributed by atoms with van der Waals surface area (Å²) >= 11 is 0. The van der Waals surface area contributed by atoms with Gasteiger partial charge in [0.05, 0.1) is 59.9 Å². The predicted molar refractivity (Wildman–Crippen MR) is 204 cm³/mol. The number of hydrogen-bond donors (Lipinski definition) is 0. The number of benzene rings is 3. The topological polar surface area (TPSA) is 62.7 Å². The van der Waals surface area contributed by atoms with Crippen molar-refractivity contribution < 1.29 is 4.74 Å². The van der Waals surface area contributed by atoms with Gasteiger partial charge in [-0.3, -0.25) is 14.0 Å². The Labute approximate surface area is 292 Å². The van der Waals surface area contributed by atoms with E-state index in [1.54, 1.807) is 0 Å². The van der Waals surface area contributed by atoms with E-state index in [2.05, 4.69) is 142 Å². The van der Waals surface area contributed by atoms with E-state index >= 15 is 0 Å². The zero-order chi connectivity index (χ0) is 35.1. The minimum absolute atomic E-state index is 0.201. The molecule has 2 fully saturated rings. The van der Waals surface area contributed by atoms with Crippen molar-refractivity contribution in [3.8, 4) is 0 Å². The van der Waals surface area contributed by atoms with Crippen LogP contribution in [0.4, 0.5) is 0 Å². The molecular weight excluding hydrogens is 605 g/mol. The molecule has 7 heteroatoms. The smallest absolute Gasteiger partial charge is 0.0992 e. The van der Waals surface area contributed by atoms with Gasteiger partial charge < -0.3 is 4.74 Å². The van der Waals surface area contributed by atoms with Gasteiger partial charge >= 0.3 is 0 Å². The fourth-order valence-electron chi connectivity index (χ4n) is 6.92. The summed E-state index contributed by atoms with van der Waals surface area (Å²) < 4.78 is 11.5. The van der Waals surface area contributed by atoms with Gasteiger partial charge in [0, 0.05) is 23.2 Å². The zero-order valence-corrected chi connectivity index (χ0v) is 31.4. The molecule has 1 saturated heterocycles. The van der Waals surface area contributed by atoms with Gasteiger partial charge in [-0.15, -0.1) is 0 Å². The standard InChI is InChI=1S/C16H22N2.C13H16N2O.C13H18N2/c1-16(2,3)13-9-8-12-11-17-18(15(12)10-13)14-6-4-5-7-14;1-9(2)10-3-4-11-6-14-15(13(11)5-10)12-7-16-8-12;1-9-11-7-6-10(13(2,3)4)8-12(11)15(5)14-9/h8-11,14H,4-7H2,1-3H3;3-6,9,12H,7-8H2,1-2H3;6-8H,1-5H3. The maximum absolute atomic E-state index is 5.22. The highest BCUT2D eigenvalue weighted by atomic mass is 16.5. The van der Waals surface area contributed by atoms with Gasteiger partial charge in [0.1, 0.15) is 0 Å². The van der Waals surface area contributed by atoms with Crippen molar-refractivity contribution in [3.63, 3.8) is 0 Å². The van der Waals surface area contributed by atoms with E-state index < -0.39 is 0 Å². The molecule has 0 atom stereocenters. The first kappa shape index (κ1) is 34.9. The molecule has 0 spiro atoms. The number of nitrogens with zero attached hydrogens (tertiary/aromatic N) is 6. The minimum Gasteiger partial charge on any atom is -0.377 e. The largest absolute Gasteiger partial charge is 0.377 e. The van der Waals surface area contributed by atoms with E-state index in [9.17, 15) is 0 Å². The zero-order valence-electron chi connectivity index (χ0n) is 31.4. The first-order chi connectivity index (χ1) is 23.2. The highest BCUT2D eigenvalue weighted by Gasteiger charge is 2.23. The first-order valence-corrected chi connectivity index (χ1v) is 18.2. The lowest BCUT2D eigenvalue weighted by Gasteiger charge is -2.26. The Hall–Kier alpha value is -3.97. The summed E-state index contributed by atoms with van der Waals surface area (Å²) in [5.41, 5.74) is 9.41. The molecule has 0 unspecified atom stereocenters. The number of rotatable bonds is 3. The summed E-state index contributed by atoms with van der Waals surface area (Å²) in [6.45, 7) is 21.6. The van der Waals surface area contributed by atoms with Crippen molar-refractivity contribution in [2.45, 2.75) is 117 Å². The van der Waals surface area contributed by atoms with Crippen molar-refractivity contribution >= 4 is 32.7 Å². The molecule has 49 heavy (non-hydrogen) atoms. The van der Waals surface area contributed by atoms with Gasteiger partial charge in [-0.25, -0.2) is 0 Å². The summed E-state index contributed by atoms with van der Waals surface area (Å²) in [7, 11) is 2.00. The van der Waals surface area contributed by atoms with E-state index in [1.807, 2.05) is 24.1 Å². The summed E-state index contributed by atoms with van der Waals surface area (Å²) in [5.74, 6) is 0.561. The molecule has 4 heterocycles. The Morgan fingerprint density at radius 1 is 0.694 bits per heavy atom. The van der Waals surface area contributed by atoms with Crippen molar-refractivity contribution in [2.75, 3.05) is 13.2 Å². The Morgan fingerprint density at radius 3 is 1.78 bits per heavy atom.